The lowest BCUT2D eigenvalue weighted by Gasteiger charge is -2.37. The van der Waals surface area contributed by atoms with Crippen molar-refractivity contribution in [1.82, 2.24) is 5.32 Å². The normalized spacial score (nSPS) is 18.2. The van der Waals surface area contributed by atoms with E-state index in [0.29, 0.717) is 11.1 Å². The average Bonchev–Trinajstić information content (AvgIpc) is 2.46. The molecule has 1 aromatic rings. The zero-order valence-corrected chi connectivity index (χ0v) is 11.6. The molecule has 1 aliphatic rings. The topological polar surface area (TPSA) is 49.3 Å². The van der Waals surface area contributed by atoms with Crippen molar-refractivity contribution in [3.8, 4) is 0 Å². The molecule has 0 heterocycles. The van der Waals surface area contributed by atoms with Gasteiger partial charge in [0.1, 0.15) is 0 Å². The lowest BCUT2D eigenvalue weighted by atomic mass is 9.79. The van der Waals surface area contributed by atoms with E-state index in [-0.39, 0.29) is 0 Å². The predicted molar refractivity (Wildman–Crippen MR) is 76.3 cm³/mol. The van der Waals surface area contributed by atoms with Crippen molar-refractivity contribution < 1.29 is 9.90 Å². The van der Waals surface area contributed by atoms with E-state index in [1.807, 2.05) is 12.1 Å². The van der Waals surface area contributed by atoms with E-state index in [4.69, 9.17) is 5.11 Å². The Balaban J connectivity index is 1.95. The first-order chi connectivity index (χ1) is 9.15. The summed E-state index contributed by atoms with van der Waals surface area (Å²) in [5, 5.41) is 12.6. The maximum atomic E-state index is 10.8. The van der Waals surface area contributed by atoms with Crippen LogP contribution in [0.25, 0.3) is 0 Å². The Labute approximate surface area is 115 Å². The fourth-order valence-corrected chi connectivity index (χ4v) is 2.94. The summed E-state index contributed by atoms with van der Waals surface area (Å²) in [4.78, 5) is 10.8. The number of carboxylic acid groups (broad SMARTS) is 1. The van der Waals surface area contributed by atoms with Crippen LogP contribution in [0.5, 0.6) is 0 Å². The third-order valence-electron chi connectivity index (χ3n) is 4.36. The quantitative estimate of drug-likeness (QED) is 0.851. The molecule has 2 N–H and O–H groups in total. The molecule has 0 atom stereocenters. The number of benzene rings is 1. The van der Waals surface area contributed by atoms with E-state index >= 15 is 0 Å². The van der Waals surface area contributed by atoms with Crippen LogP contribution < -0.4 is 5.32 Å². The van der Waals surface area contributed by atoms with Gasteiger partial charge in [0.15, 0.2) is 0 Å². The third kappa shape index (κ3) is 3.57. The van der Waals surface area contributed by atoms with Crippen LogP contribution >= 0.6 is 0 Å². The van der Waals surface area contributed by atoms with Gasteiger partial charge in [-0.2, -0.15) is 0 Å². The van der Waals surface area contributed by atoms with Crippen LogP contribution in [0, 0.1) is 0 Å². The van der Waals surface area contributed by atoms with Gasteiger partial charge in [-0.1, -0.05) is 38.3 Å². The smallest absolute Gasteiger partial charge is 0.335 e. The van der Waals surface area contributed by atoms with Gasteiger partial charge in [-0.15, -0.1) is 0 Å². The molecule has 0 aliphatic heterocycles. The van der Waals surface area contributed by atoms with Crippen molar-refractivity contribution >= 4 is 5.97 Å². The molecular formula is C16H23NO2. The van der Waals surface area contributed by atoms with Gasteiger partial charge in [-0.3, -0.25) is 0 Å². The minimum Gasteiger partial charge on any atom is -0.478 e. The number of carboxylic acids is 1. The Morgan fingerprint density at radius 2 is 1.84 bits per heavy atom. The van der Waals surface area contributed by atoms with Crippen LogP contribution in [-0.2, 0) is 6.54 Å². The molecule has 3 heteroatoms. The number of rotatable bonds is 5. The predicted octanol–water partition coefficient (Wildman–Crippen LogP) is 3.59. The number of aromatic carboxylic acids is 1. The Bertz CT molecular complexity index is 419. The molecule has 1 aliphatic carbocycles. The molecular weight excluding hydrogens is 238 g/mol. The summed E-state index contributed by atoms with van der Waals surface area (Å²) in [6.45, 7) is 3.08. The lowest BCUT2D eigenvalue weighted by Crippen LogP contribution is -2.45. The van der Waals surface area contributed by atoms with Gasteiger partial charge >= 0.3 is 5.97 Å². The second kappa shape index (κ2) is 6.20. The molecule has 0 bridgehead atoms. The number of hydrogen-bond donors (Lipinski definition) is 2. The van der Waals surface area contributed by atoms with E-state index < -0.39 is 5.97 Å². The van der Waals surface area contributed by atoms with Gasteiger partial charge in [0.25, 0.3) is 0 Å². The highest BCUT2D eigenvalue weighted by Gasteiger charge is 2.29. The molecule has 0 spiro atoms. The highest BCUT2D eigenvalue weighted by Crippen LogP contribution is 2.31. The summed E-state index contributed by atoms with van der Waals surface area (Å²) in [6, 6.07) is 7.17. The van der Waals surface area contributed by atoms with E-state index in [1.165, 1.54) is 38.5 Å². The van der Waals surface area contributed by atoms with Crippen LogP contribution in [-0.4, -0.2) is 16.6 Å². The average molecular weight is 261 g/mol. The monoisotopic (exact) mass is 261 g/mol. The highest BCUT2D eigenvalue weighted by atomic mass is 16.4. The Hall–Kier alpha value is -1.35. The van der Waals surface area contributed by atoms with Crippen LogP contribution in [0.2, 0.25) is 0 Å². The second-order valence-corrected chi connectivity index (χ2v) is 5.55. The Morgan fingerprint density at radius 1 is 1.21 bits per heavy atom. The zero-order valence-electron chi connectivity index (χ0n) is 11.6. The summed E-state index contributed by atoms with van der Waals surface area (Å²) >= 11 is 0. The van der Waals surface area contributed by atoms with E-state index in [2.05, 4.69) is 12.2 Å². The van der Waals surface area contributed by atoms with Crippen molar-refractivity contribution in [2.75, 3.05) is 0 Å². The minimum absolute atomic E-state index is 0.295. The molecule has 19 heavy (non-hydrogen) atoms. The molecule has 0 aromatic heterocycles. The van der Waals surface area contributed by atoms with Crippen LogP contribution in [0.15, 0.2) is 24.3 Å². The maximum Gasteiger partial charge on any atom is 0.335 e. The van der Waals surface area contributed by atoms with Crippen molar-refractivity contribution in [1.29, 1.82) is 0 Å². The van der Waals surface area contributed by atoms with Gasteiger partial charge in [0, 0.05) is 12.1 Å². The molecule has 0 radical (unpaired) electrons. The first-order valence-corrected chi connectivity index (χ1v) is 7.22. The Kier molecular flexibility index (Phi) is 4.59. The van der Waals surface area contributed by atoms with E-state index in [1.54, 1.807) is 12.1 Å². The van der Waals surface area contributed by atoms with Crippen LogP contribution in [0.4, 0.5) is 0 Å². The number of nitrogens with one attached hydrogen (secondary N) is 1. The fraction of sp³-hybridized carbons (Fsp3) is 0.562. The maximum absolute atomic E-state index is 10.8. The summed E-state index contributed by atoms with van der Waals surface area (Å²) in [5.74, 6) is -0.864. The van der Waals surface area contributed by atoms with Gasteiger partial charge in [0.2, 0.25) is 0 Å². The largest absolute Gasteiger partial charge is 0.478 e. The first kappa shape index (κ1) is 14.1. The summed E-state index contributed by atoms with van der Waals surface area (Å²) < 4.78 is 0. The molecule has 0 amide bonds. The van der Waals surface area contributed by atoms with Crippen molar-refractivity contribution in [2.45, 2.75) is 57.5 Å². The third-order valence-corrected chi connectivity index (χ3v) is 4.36. The molecule has 1 saturated carbocycles. The van der Waals surface area contributed by atoms with Crippen molar-refractivity contribution in [2.24, 2.45) is 0 Å². The summed E-state index contributed by atoms with van der Waals surface area (Å²) in [6.07, 6.45) is 7.68. The number of carbonyl (C=O) groups is 1. The zero-order chi connectivity index (χ0) is 13.7. The van der Waals surface area contributed by atoms with E-state index in [9.17, 15) is 4.79 Å². The molecule has 1 aromatic carbocycles. The van der Waals surface area contributed by atoms with E-state index in [0.717, 1.165) is 12.1 Å². The molecule has 0 unspecified atom stereocenters. The fourth-order valence-electron chi connectivity index (χ4n) is 2.94. The highest BCUT2D eigenvalue weighted by molar-refractivity contribution is 5.87. The van der Waals surface area contributed by atoms with Gasteiger partial charge in [-0.05, 0) is 37.0 Å². The lowest BCUT2D eigenvalue weighted by molar-refractivity contribution is 0.0697. The van der Waals surface area contributed by atoms with Gasteiger partial charge < -0.3 is 10.4 Å². The molecule has 104 valence electrons. The van der Waals surface area contributed by atoms with Crippen molar-refractivity contribution in [3.05, 3.63) is 35.4 Å². The molecule has 2 rings (SSSR count). The Morgan fingerprint density at radius 3 is 2.37 bits per heavy atom. The van der Waals surface area contributed by atoms with Crippen LogP contribution in [0.3, 0.4) is 0 Å². The van der Waals surface area contributed by atoms with Crippen molar-refractivity contribution in [3.63, 3.8) is 0 Å². The summed E-state index contributed by atoms with van der Waals surface area (Å²) in [5.41, 5.74) is 1.80. The molecule has 3 nitrogen and oxygen atoms in total. The molecule has 1 fully saturated rings. The summed E-state index contributed by atoms with van der Waals surface area (Å²) in [7, 11) is 0. The van der Waals surface area contributed by atoms with Gasteiger partial charge in [0.05, 0.1) is 5.56 Å². The SMILES string of the molecule is CCC1(NCc2ccc(C(=O)O)cc2)CCCCC1. The molecule has 0 saturated heterocycles. The first-order valence-electron chi connectivity index (χ1n) is 7.22. The standard InChI is InChI=1S/C16H23NO2/c1-2-16(10-4-3-5-11-16)17-12-13-6-8-14(9-7-13)15(18)19/h6-9,17H,2-5,10-12H2,1H3,(H,18,19). The number of hydrogen-bond acceptors (Lipinski definition) is 2. The second-order valence-electron chi connectivity index (χ2n) is 5.55. The minimum atomic E-state index is -0.864. The van der Waals surface area contributed by atoms with Crippen LogP contribution in [0.1, 0.15) is 61.4 Å². The van der Waals surface area contributed by atoms with Gasteiger partial charge in [-0.25, -0.2) is 4.79 Å².